The Morgan fingerprint density at radius 2 is 2.05 bits per heavy atom. The quantitative estimate of drug-likeness (QED) is 0.791. The van der Waals surface area contributed by atoms with Gasteiger partial charge in [0.2, 0.25) is 0 Å². The first-order chi connectivity index (χ1) is 10.1. The van der Waals surface area contributed by atoms with Gasteiger partial charge < -0.3 is 15.7 Å². The second-order valence-corrected chi connectivity index (χ2v) is 5.33. The fraction of sp³-hybridized carbons (Fsp3) is 0.214. The van der Waals surface area contributed by atoms with E-state index >= 15 is 0 Å². The lowest BCUT2D eigenvalue weighted by Gasteiger charge is -2.14. The molecule has 0 fully saturated rings. The van der Waals surface area contributed by atoms with E-state index in [0.29, 0.717) is 5.01 Å². The Hall–Kier alpha value is -2.41. The van der Waals surface area contributed by atoms with Crippen LogP contribution in [0.2, 0.25) is 0 Å². The van der Waals surface area contributed by atoms with Crippen molar-refractivity contribution in [2.45, 2.75) is 19.5 Å². The summed E-state index contributed by atoms with van der Waals surface area (Å²) in [6.07, 6.45) is 0. The van der Waals surface area contributed by atoms with Gasteiger partial charge in [0.05, 0.1) is 12.6 Å². The Morgan fingerprint density at radius 1 is 1.33 bits per heavy atom. The Morgan fingerprint density at radius 3 is 2.67 bits per heavy atom. The Kier molecular flexibility index (Phi) is 4.89. The zero-order valence-corrected chi connectivity index (χ0v) is 12.2. The first-order valence-electron chi connectivity index (χ1n) is 6.33. The van der Waals surface area contributed by atoms with Gasteiger partial charge in [0.15, 0.2) is 5.69 Å². The van der Waals surface area contributed by atoms with Crippen molar-refractivity contribution in [3.63, 3.8) is 0 Å². The summed E-state index contributed by atoms with van der Waals surface area (Å²) in [7, 11) is 0. The standard InChI is InChI=1S/C14H15N3O3S/c1-9(10-5-3-2-4-6-10)16-14(20)15-7-12-17-11(8-21-12)13(18)19/h2-6,8-9H,7H2,1H3,(H,18,19)(H2,15,16,20). The van der Waals surface area contributed by atoms with E-state index in [9.17, 15) is 9.59 Å². The van der Waals surface area contributed by atoms with Gasteiger partial charge in [0, 0.05) is 5.38 Å². The first-order valence-corrected chi connectivity index (χ1v) is 7.21. The molecule has 0 aliphatic carbocycles. The van der Waals surface area contributed by atoms with Crippen LogP contribution in [0.15, 0.2) is 35.7 Å². The largest absolute Gasteiger partial charge is 0.476 e. The summed E-state index contributed by atoms with van der Waals surface area (Å²) in [6, 6.07) is 9.17. The minimum Gasteiger partial charge on any atom is -0.476 e. The van der Waals surface area contributed by atoms with E-state index in [1.54, 1.807) is 0 Å². The number of carboxylic acids is 1. The number of carboxylic acid groups (broad SMARTS) is 1. The Labute approximate surface area is 125 Å². The fourth-order valence-electron chi connectivity index (χ4n) is 1.72. The first kappa shape index (κ1) is 15.0. The predicted octanol–water partition coefficient (Wildman–Crippen LogP) is 2.40. The molecule has 2 amide bonds. The van der Waals surface area contributed by atoms with Crippen LogP contribution in [0.25, 0.3) is 0 Å². The number of aromatic carboxylic acids is 1. The molecule has 2 rings (SSSR count). The van der Waals surface area contributed by atoms with Gasteiger partial charge in [-0.1, -0.05) is 30.3 Å². The van der Waals surface area contributed by atoms with E-state index < -0.39 is 5.97 Å². The molecule has 0 saturated carbocycles. The number of carbonyl (C=O) groups is 2. The van der Waals surface area contributed by atoms with Gasteiger partial charge in [-0.05, 0) is 12.5 Å². The number of nitrogens with zero attached hydrogens (tertiary/aromatic N) is 1. The summed E-state index contributed by atoms with van der Waals surface area (Å²) in [5.41, 5.74) is 1.00. The number of amides is 2. The van der Waals surface area contributed by atoms with Crippen molar-refractivity contribution in [3.8, 4) is 0 Å². The van der Waals surface area contributed by atoms with E-state index in [1.807, 2.05) is 37.3 Å². The van der Waals surface area contributed by atoms with Crippen molar-refractivity contribution >= 4 is 23.3 Å². The van der Waals surface area contributed by atoms with Crippen LogP contribution in [0, 0.1) is 0 Å². The summed E-state index contributed by atoms with van der Waals surface area (Å²) < 4.78 is 0. The summed E-state index contributed by atoms with van der Waals surface area (Å²) >= 11 is 1.20. The molecule has 0 spiro atoms. The minimum absolute atomic E-state index is 0.00476. The predicted molar refractivity (Wildman–Crippen MR) is 79.3 cm³/mol. The van der Waals surface area contributed by atoms with Crippen molar-refractivity contribution < 1.29 is 14.7 Å². The Bertz CT molecular complexity index is 627. The van der Waals surface area contributed by atoms with Crippen LogP contribution in [0.3, 0.4) is 0 Å². The SMILES string of the molecule is CC(NC(=O)NCc1nc(C(=O)O)cs1)c1ccccc1. The average Bonchev–Trinajstić information content (AvgIpc) is 2.95. The second-order valence-electron chi connectivity index (χ2n) is 4.39. The number of thiazole rings is 1. The van der Waals surface area contributed by atoms with Crippen molar-refractivity contribution in [1.29, 1.82) is 0 Å². The minimum atomic E-state index is -1.07. The van der Waals surface area contributed by atoms with Gasteiger partial charge in [0.25, 0.3) is 0 Å². The Balaban J connectivity index is 1.83. The summed E-state index contributed by atoms with van der Waals surface area (Å²) in [5, 5.41) is 16.2. The molecule has 1 atom stereocenters. The van der Waals surface area contributed by atoms with E-state index in [-0.39, 0.29) is 24.3 Å². The van der Waals surface area contributed by atoms with Gasteiger partial charge in [-0.15, -0.1) is 11.3 Å². The van der Waals surface area contributed by atoms with Crippen LogP contribution in [-0.2, 0) is 6.54 Å². The molecular formula is C14H15N3O3S. The number of hydrogen-bond donors (Lipinski definition) is 3. The third kappa shape index (κ3) is 4.28. The zero-order chi connectivity index (χ0) is 15.2. The molecule has 1 aromatic heterocycles. The molecule has 1 heterocycles. The maximum Gasteiger partial charge on any atom is 0.355 e. The van der Waals surface area contributed by atoms with Gasteiger partial charge in [0.1, 0.15) is 5.01 Å². The van der Waals surface area contributed by atoms with Crippen LogP contribution in [0.1, 0.15) is 34.0 Å². The summed E-state index contributed by atoms with van der Waals surface area (Å²) in [6.45, 7) is 2.09. The third-order valence-corrected chi connectivity index (χ3v) is 3.67. The molecule has 2 aromatic rings. The molecule has 21 heavy (non-hydrogen) atoms. The fourth-order valence-corrected chi connectivity index (χ4v) is 2.43. The normalized spacial score (nSPS) is 11.7. The molecule has 0 bridgehead atoms. The van der Waals surface area contributed by atoms with Gasteiger partial charge >= 0.3 is 12.0 Å². The molecule has 0 aliphatic rings. The molecule has 110 valence electrons. The molecule has 6 nitrogen and oxygen atoms in total. The number of carbonyl (C=O) groups excluding carboxylic acids is 1. The maximum absolute atomic E-state index is 11.8. The van der Waals surface area contributed by atoms with Gasteiger partial charge in [-0.25, -0.2) is 14.6 Å². The molecule has 1 unspecified atom stereocenters. The summed E-state index contributed by atoms with van der Waals surface area (Å²) in [5.74, 6) is -1.07. The van der Waals surface area contributed by atoms with Gasteiger partial charge in [-0.2, -0.15) is 0 Å². The second kappa shape index (κ2) is 6.85. The number of rotatable bonds is 5. The van der Waals surface area contributed by atoms with Crippen molar-refractivity contribution in [1.82, 2.24) is 15.6 Å². The third-order valence-electron chi connectivity index (χ3n) is 2.82. The maximum atomic E-state index is 11.8. The lowest BCUT2D eigenvalue weighted by Crippen LogP contribution is -2.36. The molecule has 0 saturated heterocycles. The van der Waals surface area contributed by atoms with Gasteiger partial charge in [-0.3, -0.25) is 0 Å². The molecule has 3 N–H and O–H groups in total. The van der Waals surface area contributed by atoms with Crippen LogP contribution in [0.4, 0.5) is 4.79 Å². The van der Waals surface area contributed by atoms with E-state index in [1.165, 1.54) is 16.7 Å². The van der Waals surface area contributed by atoms with Crippen LogP contribution in [0.5, 0.6) is 0 Å². The van der Waals surface area contributed by atoms with Crippen molar-refractivity contribution in [2.75, 3.05) is 0 Å². The van der Waals surface area contributed by atoms with E-state index in [2.05, 4.69) is 15.6 Å². The topological polar surface area (TPSA) is 91.3 Å². The monoisotopic (exact) mass is 305 g/mol. The van der Waals surface area contributed by atoms with Crippen LogP contribution in [-0.4, -0.2) is 22.1 Å². The van der Waals surface area contributed by atoms with E-state index in [4.69, 9.17) is 5.11 Å². The number of benzene rings is 1. The van der Waals surface area contributed by atoms with Crippen LogP contribution < -0.4 is 10.6 Å². The average molecular weight is 305 g/mol. The number of nitrogens with one attached hydrogen (secondary N) is 2. The summed E-state index contributed by atoms with van der Waals surface area (Å²) in [4.78, 5) is 26.4. The van der Waals surface area contributed by atoms with E-state index in [0.717, 1.165) is 5.56 Å². The van der Waals surface area contributed by atoms with Crippen LogP contribution >= 0.6 is 11.3 Å². The number of hydrogen-bond acceptors (Lipinski definition) is 4. The lowest BCUT2D eigenvalue weighted by molar-refractivity contribution is 0.0691. The zero-order valence-electron chi connectivity index (χ0n) is 11.4. The molecular weight excluding hydrogens is 290 g/mol. The highest BCUT2D eigenvalue weighted by Gasteiger charge is 2.11. The van der Waals surface area contributed by atoms with Crippen molar-refractivity contribution in [3.05, 3.63) is 52.0 Å². The molecule has 0 aliphatic heterocycles. The molecule has 1 aromatic carbocycles. The number of aromatic nitrogens is 1. The van der Waals surface area contributed by atoms with Crippen molar-refractivity contribution in [2.24, 2.45) is 0 Å². The highest BCUT2D eigenvalue weighted by atomic mass is 32.1. The lowest BCUT2D eigenvalue weighted by atomic mass is 10.1. The highest BCUT2D eigenvalue weighted by Crippen LogP contribution is 2.11. The molecule has 7 heteroatoms. The highest BCUT2D eigenvalue weighted by molar-refractivity contribution is 7.09. The molecule has 0 radical (unpaired) electrons. The smallest absolute Gasteiger partial charge is 0.355 e. The number of urea groups is 1.